The molecule has 0 radical (unpaired) electrons. The van der Waals surface area contributed by atoms with E-state index in [1.165, 1.54) is 5.56 Å². The summed E-state index contributed by atoms with van der Waals surface area (Å²) in [5.41, 5.74) is 3.58. The van der Waals surface area contributed by atoms with E-state index >= 15 is 0 Å². The number of rotatable bonds is 5. The Labute approximate surface area is 205 Å². The summed E-state index contributed by atoms with van der Waals surface area (Å²) in [5.74, 6) is 0.153. The number of piperidine rings is 1. The number of amides is 2. The second kappa shape index (κ2) is 10.7. The van der Waals surface area contributed by atoms with Gasteiger partial charge in [-0.05, 0) is 62.1 Å². The molecule has 8 heteroatoms. The Morgan fingerprint density at radius 3 is 2.43 bits per heavy atom. The second-order valence-corrected chi connectivity index (χ2v) is 9.38. The highest BCUT2D eigenvalue weighted by Crippen LogP contribution is 2.49. The first-order valence-corrected chi connectivity index (χ1v) is 12.1. The Morgan fingerprint density at radius 1 is 1.11 bits per heavy atom. The van der Waals surface area contributed by atoms with E-state index in [0.29, 0.717) is 12.1 Å². The van der Waals surface area contributed by atoms with E-state index in [0.717, 1.165) is 56.5 Å². The summed E-state index contributed by atoms with van der Waals surface area (Å²) < 4.78 is 1.96. The number of nitrogens with zero attached hydrogens (tertiary/aromatic N) is 3. The molecule has 1 unspecified atom stereocenters. The number of likely N-dealkylation sites (tertiary alicyclic amines) is 1. The number of hydrogen-bond acceptors (Lipinski definition) is 4. The van der Waals surface area contributed by atoms with E-state index in [2.05, 4.69) is 22.4 Å². The number of carbonyl (C=O) groups excluding carboxylic acids is 2. The molecule has 1 aromatic carbocycles. The first kappa shape index (κ1) is 24.4. The van der Waals surface area contributed by atoms with Crippen LogP contribution >= 0.6 is 0 Å². The molecule has 1 atom stereocenters. The molecule has 2 N–H and O–H groups in total. The van der Waals surface area contributed by atoms with E-state index in [1.54, 1.807) is 0 Å². The van der Waals surface area contributed by atoms with Crippen molar-refractivity contribution in [2.24, 2.45) is 5.41 Å². The average Bonchev–Trinajstić information content (AvgIpc) is 3.22. The summed E-state index contributed by atoms with van der Waals surface area (Å²) in [6.07, 6.45) is 7.28. The Bertz CT molecular complexity index is 1180. The number of hydrogen-bond donors (Lipinski definition) is 2. The lowest BCUT2D eigenvalue weighted by Gasteiger charge is -2.54. The average molecular weight is 477 g/mol. The van der Waals surface area contributed by atoms with Crippen LogP contribution in [0.15, 0.2) is 54.7 Å². The lowest BCUT2D eigenvalue weighted by molar-refractivity contribution is -0.125. The Kier molecular flexibility index (Phi) is 7.48. The zero-order chi connectivity index (χ0) is 24.8. The predicted molar refractivity (Wildman–Crippen MR) is 132 cm³/mol. The highest BCUT2D eigenvalue weighted by molar-refractivity contribution is 5.94. The van der Waals surface area contributed by atoms with Crippen molar-refractivity contribution in [3.63, 3.8) is 0 Å². The van der Waals surface area contributed by atoms with Crippen molar-refractivity contribution in [1.82, 2.24) is 19.6 Å². The molecule has 1 saturated heterocycles. The summed E-state index contributed by atoms with van der Waals surface area (Å²) in [6, 6.07) is 16.2. The first-order valence-electron chi connectivity index (χ1n) is 12.1. The van der Waals surface area contributed by atoms with E-state index in [-0.39, 0.29) is 29.7 Å². The van der Waals surface area contributed by atoms with Gasteiger partial charge in [0.15, 0.2) is 0 Å². The summed E-state index contributed by atoms with van der Waals surface area (Å²) in [5, 5.41) is 10.2. The first-order chi connectivity index (χ1) is 17.0. The normalized spacial score (nSPS) is 18.3. The molecule has 2 fully saturated rings. The van der Waals surface area contributed by atoms with Crippen molar-refractivity contribution in [1.29, 1.82) is 0 Å². The van der Waals surface area contributed by atoms with Gasteiger partial charge < -0.3 is 19.7 Å². The van der Waals surface area contributed by atoms with Crippen LogP contribution in [-0.2, 0) is 16.0 Å². The van der Waals surface area contributed by atoms with Crippen molar-refractivity contribution in [3.05, 3.63) is 71.7 Å². The largest absolute Gasteiger partial charge is 0.483 e. The lowest BCUT2D eigenvalue weighted by atomic mass is 9.59. The van der Waals surface area contributed by atoms with Crippen LogP contribution < -0.4 is 5.32 Å². The Balaban J connectivity index is 0.000000917. The topological polar surface area (TPSA) is 104 Å². The molecule has 1 spiro atoms. The van der Waals surface area contributed by atoms with E-state index in [4.69, 9.17) is 9.90 Å². The monoisotopic (exact) mass is 476 g/mol. The van der Waals surface area contributed by atoms with Gasteiger partial charge in [-0.2, -0.15) is 0 Å². The number of aromatic nitrogens is 2. The van der Waals surface area contributed by atoms with Gasteiger partial charge in [0, 0.05) is 31.7 Å². The Morgan fingerprint density at radius 2 is 1.80 bits per heavy atom. The summed E-state index contributed by atoms with van der Waals surface area (Å²) >= 11 is 0. The van der Waals surface area contributed by atoms with E-state index in [1.807, 2.05) is 58.8 Å². The SMILES string of the molecule is Cc1c(C(=O)N2CCC3(CCC3NC(=O)CCc3ccccc3)CC2)nc2ccccn12.O=CO. The molecule has 1 saturated carbocycles. The lowest BCUT2D eigenvalue weighted by Crippen LogP contribution is -2.59. The number of nitrogens with one attached hydrogen (secondary N) is 1. The molecular formula is C27H32N4O4. The van der Waals surface area contributed by atoms with Crippen LogP contribution in [0.25, 0.3) is 5.65 Å². The summed E-state index contributed by atoms with van der Waals surface area (Å²) in [6.45, 7) is 3.15. The van der Waals surface area contributed by atoms with Gasteiger partial charge in [-0.3, -0.25) is 14.4 Å². The highest BCUT2D eigenvalue weighted by Gasteiger charge is 2.49. The maximum Gasteiger partial charge on any atom is 0.290 e. The number of fused-ring (bicyclic) bond motifs is 1. The van der Waals surface area contributed by atoms with Gasteiger partial charge in [-0.25, -0.2) is 4.98 Å². The van der Waals surface area contributed by atoms with Crippen molar-refractivity contribution < 1.29 is 19.5 Å². The third kappa shape index (κ3) is 5.21. The maximum absolute atomic E-state index is 13.2. The van der Waals surface area contributed by atoms with Crippen molar-refractivity contribution in [2.75, 3.05) is 13.1 Å². The molecule has 5 rings (SSSR count). The van der Waals surface area contributed by atoms with Crippen LogP contribution in [0.2, 0.25) is 0 Å². The van der Waals surface area contributed by atoms with Crippen LogP contribution in [-0.4, -0.2) is 56.8 Å². The number of imidazole rings is 1. The van der Waals surface area contributed by atoms with Crippen LogP contribution in [0, 0.1) is 12.3 Å². The van der Waals surface area contributed by atoms with Gasteiger partial charge >= 0.3 is 0 Å². The molecule has 184 valence electrons. The van der Waals surface area contributed by atoms with Crippen LogP contribution in [0.1, 0.15) is 53.8 Å². The minimum atomic E-state index is -0.250. The fourth-order valence-corrected chi connectivity index (χ4v) is 5.32. The summed E-state index contributed by atoms with van der Waals surface area (Å²) in [7, 11) is 0. The van der Waals surface area contributed by atoms with E-state index in [9.17, 15) is 9.59 Å². The number of carbonyl (C=O) groups is 3. The van der Waals surface area contributed by atoms with Crippen molar-refractivity contribution >= 4 is 23.9 Å². The molecule has 0 bridgehead atoms. The molecule has 1 aliphatic carbocycles. The number of aryl methyl sites for hydroxylation is 2. The third-order valence-corrected chi connectivity index (χ3v) is 7.51. The van der Waals surface area contributed by atoms with Gasteiger partial charge in [0.05, 0.1) is 5.69 Å². The standard InChI is InChI=1S/C26H30N4O2.CH2O2/c1-19-24(28-22-9-5-6-16-30(19)22)25(32)29-17-14-26(15-18-29)13-12-21(26)27-23(31)11-10-20-7-3-2-4-8-20;2-1-3/h2-9,16,21H,10-15,17-18H2,1H3,(H,27,31);1H,(H,2,3). The van der Waals surface area contributed by atoms with Crippen LogP contribution in [0.3, 0.4) is 0 Å². The van der Waals surface area contributed by atoms with Gasteiger partial charge in [-0.1, -0.05) is 36.4 Å². The predicted octanol–water partition coefficient (Wildman–Crippen LogP) is 3.48. The van der Waals surface area contributed by atoms with Gasteiger partial charge in [-0.15, -0.1) is 0 Å². The number of carboxylic acid groups (broad SMARTS) is 1. The summed E-state index contributed by atoms with van der Waals surface area (Å²) in [4.78, 5) is 40.6. The molecule has 3 heterocycles. The zero-order valence-electron chi connectivity index (χ0n) is 20.0. The molecule has 2 aliphatic rings. The van der Waals surface area contributed by atoms with E-state index < -0.39 is 0 Å². The molecule has 1 aliphatic heterocycles. The van der Waals surface area contributed by atoms with Crippen LogP contribution in [0.4, 0.5) is 0 Å². The van der Waals surface area contributed by atoms with Crippen molar-refractivity contribution in [2.45, 2.75) is 51.5 Å². The third-order valence-electron chi connectivity index (χ3n) is 7.51. The zero-order valence-corrected chi connectivity index (χ0v) is 20.0. The molecule has 2 amide bonds. The molecule has 3 aromatic rings. The Hall–Kier alpha value is -3.68. The van der Waals surface area contributed by atoms with Gasteiger partial charge in [0.25, 0.3) is 12.4 Å². The fourth-order valence-electron chi connectivity index (χ4n) is 5.32. The molecule has 8 nitrogen and oxygen atoms in total. The highest BCUT2D eigenvalue weighted by atomic mass is 16.3. The quantitative estimate of drug-likeness (QED) is 0.549. The minimum absolute atomic E-state index is 0.0174. The minimum Gasteiger partial charge on any atom is -0.483 e. The number of pyridine rings is 1. The fraction of sp³-hybridized carbons (Fsp3) is 0.407. The van der Waals surface area contributed by atoms with Gasteiger partial charge in [0.1, 0.15) is 11.3 Å². The molecule has 2 aromatic heterocycles. The maximum atomic E-state index is 13.2. The second-order valence-electron chi connectivity index (χ2n) is 9.38. The van der Waals surface area contributed by atoms with Gasteiger partial charge in [0.2, 0.25) is 5.91 Å². The molecular weight excluding hydrogens is 444 g/mol. The van der Waals surface area contributed by atoms with Crippen molar-refractivity contribution in [3.8, 4) is 0 Å². The van der Waals surface area contributed by atoms with Crippen LogP contribution in [0.5, 0.6) is 0 Å². The molecule has 35 heavy (non-hydrogen) atoms. The smallest absolute Gasteiger partial charge is 0.290 e. The number of benzene rings is 1.